The van der Waals surface area contributed by atoms with E-state index in [4.69, 9.17) is 27.8 Å². The molecule has 2 saturated heterocycles. The second kappa shape index (κ2) is 23.8. The van der Waals surface area contributed by atoms with Gasteiger partial charge in [-0.25, -0.2) is 9.97 Å². The maximum atomic E-state index is 14.4. The molecular formula is C62H88N10O12Si2. The minimum atomic E-state index is -2.28. The largest absolute Gasteiger partial charge is 0.408 e. The van der Waals surface area contributed by atoms with Gasteiger partial charge in [-0.3, -0.25) is 53.7 Å². The molecule has 3 unspecified atom stereocenters. The molecule has 2 aliphatic heterocycles. The molecule has 24 heteroatoms. The van der Waals surface area contributed by atoms with Crippen LogP contribution in [0.3, 0.4) is 0 Å². The van der Waals surface area contributed by atoms with Crippen LogP contribution in [0.2, 0.25) is 36.3 Å². The van der Waals surface area contributed by atoms with Gasteiger partial charge in [0.25, 0.3) is 11.1 Å². The van der Waals surface area contributed by atoms with Gasteiger partial charge in [-0.1, -0.05) is 144 Å². The summed E-state index contributed by atoms with van der Waals surface area (Å²) in [4.78, 5) is 87.6. The maximum absolute atomic E-state index is 14.4. The number of aliphatic hydroxyl groups is 1. The Hall–Kier alpha value is -6.10. The van der Waals surface area contributed by atoms with E-state index < -0.39 is 80.9 Å². The van der Waals surface area contributed by atoms with Gasteiger partial charge in [-0.2, -0.15) is 9.97 Å². The number of hydrogen-bond acceptors (Lipinski definition) is 16. The number of aromatic amines is 2. The number of fused-ring (bicyclic) bond motifs is 2. The summed E-state index contributed by atoms with van der Waals surface area (Å²) in [5.41, 5.74) is -2.09. The lowest BCUT2D eigenvalue weighted by Gasteiger charge is -2.47. The van der Waals surface area contributed by atoms with Crippen LogP contribution in [-0.2, 0) is 55.4 Å². The van der Waals surface area contributed by atoms with Crippen molar-refractivity contribution >= 4 is 68.5 Å². The highest BCUT2D eigenvalue weighted by Gasteiger charge is 2.74. The molecule has 4 fully saturated rings. The zero-order valence-electron chi connectivity index (χ0n) is 52.7. The van der Waals surface area contributed by atoms with Crippen molar-refractivity contribution in [2.75, 3.05) is 10.6 Å². The number of aromatic nitrogens is 8. The van der Waals surface area contributed by atoms with E-state index in [1.807, 2.05) is 74.5 Å². The van der Waals surface area contributed by atoms with Crippen molar-refractivity contribution in [3.05, 3.63) is 105 Å². The van der Waals surface area contributed by atoms with Crippen LogP contribution in [0.1, 0.15) is 145 Å². The molecule has 86 heavy (non-hydrogen) atoms. The molecule has 4 aromatic heterocycles. The third-order valence-electron chi connectivity index (χ3n) is 18.6. The predicted molar refractivity (Wildman–Crippen MR) is 331 cm³/mol. The Bertz CT molecular complexity index is 3560. The van der Waals surface area contributed by atoms with Crippen molar-refractivity contribution in [3.63, 3.8) is 0 Å². The van der Waals surface area contributed by atoms with Crippen molar-refractivity contribution in [1.29, 1.82) is 0 Å². The first-order chi connectivity index (χ1) is 40.3. The summed E-state index contributed by atoms with van der Waals surface area (Å²) < 4.78 is 44.2. The lowest BCUT2D eigenvalue weighted by molar-refractivity contribution is -0.184. The van der Waals surface area contributed by atoms with E-state index in [1.54, 1.807) is 32.3 Å². The lowest BCUT2D eigenvalue weighted by Crippen LogP contribution is -2.60. The molecule has 10 rings (SSSR count). The lowest BCUT2D eigenvalue weighted by atomic mass is 9.84. The Kier molecular flexibility index (Phi) is 17.8. The fourth-order valence-corrected chi connectivity index (χ4v) is 14.6. The van der Waals surface area contributed by atoms with E-state index >= 15 is 0 Å². The van der Waals surface area contributed by atoms with Crippen LogP contribution >= 0.6 is 0 Å². The van der Waals surface area contributed by atoms with E-state index in [-0.39, 0.29) is 86.9 Å². The van der Waals surface area contributed by atoms with E-state index in [1.165, 1.54) is 17.2 Å². The first-order valence-corrected chi connectivity index (χ1v) is 36.0. The molecule has 6 heterocycles. The number of rotatable bonds is 20. The molecular weight excluding hydrogens is 1130 g/mol. The Morgan fingerprint density at radius 2 is 1.08 bits per heavy atom. The highest BCUT2D eigenvalue weighted by atomic mass is 28.4. The average Bonchev–Trinajstić information content (AvgIpc) is 1.59. The molecule has 4 aliphatic rings. The van der Waals surface area contributed by atoms with E-state index in [0.717, 1.165) is 36.8 Å². The molecule has 2 saturated carbocycles. The molecule has 2 aliphatic carbocycles. The van der Waals surface area contributed by atoms with E-state index in [2.05, 4.69) is 108 Å². The van der Waals surface area contributed by atoms with Gasteiger partial charge in [0.1, 0.15) is 23.4 Å². The molecule has 5 N–H and O–H groups in total. The SMILES string of the molecule is CC[C@@]1(C2(O[Si](C)(C)C(C)(C)C)CC2)O[C@@H](n2cnc3c(=O)[nH]c(NC(=O)C(C)C)nc32)C(=O)C1OCc1ccccc1.CC[C@@]1(C2(O[Si](C)(C)C(C)(C)C)CC2)O[C@@H](n2cnc3c(=O)[nH]c(NC(=O)C(C)C)nc32)C(O)C1OCc1ccccc1. The Balaban J connectivity index is 0.000000205. The summed E-state index contributed by atoms with van der Waals surface area (Å²) in [5.74, 6) is -1.55. The molecule has 0 radical (unpaired) electrons. The summed E-state index contributed by atoms with van der Waals surface area (Å²) >= 11 is 0. The number of imidazole rings is 2. The van der Waals surface area contributed by atoms with Gasteiger partial charge in [0.05, 0.1) is 37.1 Å². The summed E-state index contributed by atoms with van der Waals surface area (Å²) in [6.07, 6.45) is 1.96. The van der Waals surface area contributed by atoms with Crippen molar-refractivity contribution in [1.82, 2.24) is 39.0 Å². The van der Waals surface area contributed by atoms with Crippen molar-refractivity contribution in [2.45, 2.75) is 224 Å². The standard InChI is InChI=1S/C31H45N5O6Si.C31H43N5O6Si/c2*1-9-31(30(15-16-30)42-43(7,8)29(4,5)6)23(40-17-20-13-11-10-12-14-20)22(37)27(41-31)36-18-32-21-24(36)33-28(35-26(21)39)34-25(38)19(2)3/h10-14,18-19,22-23,27,37H,9,15-17H2,1-8H3,(H2,33,34,35,38,39);10-14,18-19,23,27H,9,15-17H2,1-8H3,(H2,33,34,35,38,39)/t22?,23?,27-,31-;23?,27-,31-/m11/s1. The smallest absolute Gasteiger partial charge is 0.280 e. The zero-order chi connectivity index (χ0) is 62.7. The summed E-state index contributed by atoms with van der Waals surface area (Å²) in [6, 6.07) is 19.5. The number of H-pyrrole nitrogens is 2. The molecule has 466 valence electrons. The number of nitrogens with one attached hydrogen (secondary N) is 4. The molecule has 0 spiro atoms. The Labute approximate surface area is 504 Å². The van der Waals surface area contributed by atoms with Crippen LogP contribution < -0.4 is 21.8 Å². The van der Waals surface area contributed by atoms with Gasteiger partial charge >= 0.3 is 0 Å². The van der Waals surface area contributed by atoms with Gasteiger partial charge in [-0.05, 0) is 85.9 Å². The van der Waals surface area contributed by atoms with Gasteiger partial charge in [0.2, 0.25) is 29.5 Å². The highest BCUT2D eigenvalue weighted by Crippen LogP contribution is 2.63. The quantitative estimate of drug-likeness (QED) is 0.0445. The van der Waals surface area contributed by atoms with Gasteiger partial charge in [0, 0.05) is 11.8 Å². The van der Waals surface area contributed by atoms with Gasteiger partial charge in [-0.15, -0.1) is 0 Å². The Morgan fingerprint density at radius 1 is 0.663 bits per heavy atom. The highest BCUT2D eigenvalue weighted by molar-refractivity contribution is 6.74. The average molecular weight is 1220 g/mol. The number of ether oxygens (including phenoxy) is 4. The summed E-state index contributed by atoms with van der Waals surface area (Å²) in [6.45, 7) is 33.6. The molecule has 22 nitrogen and oxygen atoms in total. The van der Waals surface area contributed by atoms with E-state index in [0.29, 0.717) is 12.8 Å². The molecule has 0 bridgehead atoms. The van der Waals surface area contributed by atoms with Crippen molar-refractivity contribution < 1.29 is 47.3 Å². The summed E-state index contributed by atoms with van der Waals surface area (Å²) in [5, 5.41) is 17.2. The minimum absolute atomic E-state index is 0.00370. The van der Waals surface area contributed by atoms with E-state index in [9.17, 15) is 29.1 Å². The van der Waals surface area contributed by atoms with Gasteiger partial charge < -0.3 is 32.9 Å². The van der Waals surface area contributed by atoms with Crippen LogP contribution in [-0.4, -0.2) is 119 Å². The number of hydrogen-bond donors (Lipinski definition) is 5. The number of carbonyl (C=O) groups is 3. The van der Waals surface area contributed by atoms with Crippen LogP contribution in [0.15, 0.2) is 82.9 Å². The van der Waals surface area contributed by atoms with Crippen molar-refractivity contribution in [3.8, 4) is 0 Å². The number of ketones is 1. The third-order valence-corrected chi connectivity index (χ3v) is 27.6. The normalized spacial score (nSPS) is 24.5. The zero-order valence-corrected chi connectivity index (χ0v) is 54.7. The minimum Gasteiger partial charge on any atom is -0.408 e. The molecule has 6 aromatic rings. The number of anilines is 2. The maximum Gasteiger partial charge on any atom is 0.280 e. The number of Topliss-reactive ketones (excluding diaryl/α,β-unsaturated/α-hetero) is 1. The first-order valence-electron chi connectivity index (χ1n) is 30.1. The van der Waals surface area contributed by atoms with Crippen LogP contribution in [0.25, 0.3) is 22.3 Å². The number of nitrogens with zero attached hydrogens (tertiary/aromatic N) is 6. The van der Waals surface area contributed by atoms with Crippen molar-refractivity contribution in [2.24, 2.45) is 11.8 Å². The number of aliphatic hydroxyl groups excluding tert-OH is 1. The monoisotopic (exact) mass is 1220 g/mol. The topological polar surface area (TPSA) is 278 Å². The first kappa shape index (κ1) is 64.4. The van der Waals surface area contributed by atoms with Gasteiger partial charge in [0.15, 0.2) is 57.5 Å². The summed E-state index contributed by atoms with van der Waals surface area (Å²) in [7, 11) is -4.54. The van der Waals surface area contributed by atoms with Crippen LogP contribution in [0.5, 0.6) is 0 Å². The van der Waals surface area contributed by atoms with Crippen LogP contribution in [0.4, 0.5) is 11.9 Å². The number of benzene rings is 2. The van der Waals surface area contributed by atoms with Crippen LogP contribution in [0, 0.1) is 11.8 Å². The predicted octanol–water partition coefficient (Wildman–Crippen LogP) is 9.99. The second-order valence-electron chi connectivity index (χ2n) is 27.2. The molecule has 2 aromatic carbocycles. The number of carbonyl (C=O) groups excluding carboxylic acids is 3. The number of amides is 2. The second-order valence-corrected chi connectivity index (χ2v) is 36.7. The molecule has 7 atom stereocenters. The fourth-order valence-electron chi connectivity index (χ4n) is 11.3. The molecule has 2 amide bonds. The third kappa shape index (κ3) is 12.0. The Morgan fingerprint density at radius 3 is 1.50 bits per heavy atom. The fraction of sp³-hybridized carbons (Fsp3) is 0.597.